The molecule has 1 aromatic rings. The molecule has 1 unspecified atom stereocenters. The average molecular weight is 322 g/mol. The van der Waals surface area contributed by atoms with E-state index in [9.17, 15) is 13.2 Å². The zero-order chi connectivity index (χ0) is 15.6. The second-order valence-corrected chi connectivity index (χ2v) is 5.41. The fourth-order valence-corrected chi connectivity index (χ4v) is 2.67. The second kappa shape index (κ2) is 6.01. The number of hydrogen-bond donors (Lipinski definition) is 2. The SMILES string of the molecule is NC(=NO)c1ccc(Cl)cc1N1CCCC(C(F)(F)F)C1. The third-order valence-electron chi connectivity index (χ3n) is 3.57. The van der Waals surface area contributed by atoms with Gasteiger partial charge < -0.3 is 15.8 Å². The van der Waals surface area contributed by atoms with Crippen molar-refractivity contribution in [1.82, 2.24) is 0 Å². The van der Waals surface area contributed by atoms with E-state index in [1.165, 1.54) is 12.1 Å². The summed E-state index contributed by atoms with van der Waals surface area (Å²) in [5.74, 6) is -1.54. The lowest BCUT2D eigenvalue weighted by Crippen LogP contribution is -2.42. The first-order valence-electron chi connectivity index (χ1n) is 6.42. The van der Waals surface area contributed by atoms with Gasteiger partial charge in [-0.3, -0.25) is 0 Å². The molecule has 2 rings (SSSR count). The van der Waals surface area contributed by atoms with Gasteiger partial charge in [0.2, 0.25) is 0 Å². The van der Waals surface area contributed by atoms with E-state index in [4.69, 9.17) is 22.5 Å². The second-order valence-electron chi connectivity index (χ2n) is 4.97. The lowest BCUT2D eigenvalue weighted by molar-refractivity contribution is -0.175. The number of hydrogen-bond acceptors (Lipinski definition) is 3. The lowest BCUT2D eigenvalue weighted by atomic mass is 9.96. The molecule has 0 saturated carbocycles. The van der Waals surface area contributed by atoms with Crippen molar-refractivity contribution >= 4 is 23.1 Å². The van der Waals surface area contributed by atoms with Gasteiger partial charge in [-0.25, -0.2) is 0 Å². The fourth-order valence-electron chi connectivity index (χ4n) is 2.50. The first-order chi connectivity index (χ1) is 9.82. The van der Waals surface area contributed by atoms with Crippen LogP contribution in [-0.2, 0) is 0 Å². The van der Waals surface area contributed by atoms with Crippen molar-refractivity contribution in [3.05, 3.63) is 28.8 Å². The number of anilines is 1. The summed E-state index contributed by atoms with van der Waals surface area (Å²) in [6.07, 6.45) is -3.69. The molecular formula is C13H15ClF3N3O. The Hall–Kier alpha value is -1.63. The molecule has 0 spiro atoms. The van der Waals surface area contributed by atoms with Crippen molar-refractivity contribution < 1.29 is 18.4 Å². The summed E-state index contributed by atoms with van der Waals surface area (Å²) in [7, 11) is 0. The molecule has 8 heteroatoms. The Morgan fingerprint density at radius 1 is 1.43 bits per heavy atom. The van der Waals surface area contributed by atoms with Crippen LogP contribution >= 0.6 is 11.6 Å². The number of nitrogens with zero attached hydrogens (tertiary/aromatic N) is 2. The van der Waals surface area contributed by atoms with Gasteiger partial charge in [0.05, 0.1) is 5.92 Å². The number of rotatable bonds is 2. The largest absolute Gasteiger partial charge is 0.409 e. The van der Waals surface area contributed by atoms with Gasteiger partial charge in [-0.15, -0.1) is 0 Å². The van der Waals surface area contributed by atoms with E-state index in [0.717, 1.165) is 0 Å². The van der Waals surface area contributed by atoms with Crippen molar-refractivity contribution in [3.63, 3.8) is 0 Å². The van der Waals surface area contributed by atoms with E-state index in [1.807, 2.05) is 0 Å². The molecule has 1 aromatic carbocycles. The predicted octanol–water partition coefficient (Wildman–Crippen LogP) is 3.21. The zero-order valence-corrected chi connectivity index (χ0v) is 11.8. The third-order valence-corrected chi connectivity index (χ3v) is 3.80. The number of piperidine rings is 1. The molecule has 0 amide bonds. The Morgan fingerprint density at radius 3 is 2.76 bits per heavy atom. The number of alkyl halides is 3. The fraction of sp³-hybridized carbons (Fsp3) is 0.462. The van der Waals surface area contributed by atoms with Crippen molar-refractivity contribution in [2.45, 2.75) is 19.0 Å². The van der Waals surface area contributed by atoms with Crippen LogP contribution in [0, 0.1) is 5.92 Å². The highest BCUT2D eigenvalue weighted by Crippen LogP contribution is 2.36. The Labute approximate surface area is 125 Å². The first kappa shape index (κ1) is 15.8. The summed E-state index contributed by atoms with van der Waals surface area (Å²) in [4.78, 5) is 1.58. The lowest BCUT2D eigenvalue weighted by Gasteiger charge is -2.36. The Bertz CT molecular complexity index is 548. The molecular weight excluding hydrogens is 307 g/mol. The number of oxime groups is 1. The molecule has 1 aliphatic heterocycles. The zero-order valence-electron chi connectivity index (χ0n) is 11.1. The van der Waals surface area contributed by atoms with Crippen molar-refractivity contribution in [2.24, 2.45) is 16.8 Å². The van der Waals surface area contributed by atoms with Gasteiger partial charge in [-0.05, 0) is 31.0 Å². The molecule has 0 aliphatic carbocycles. The van der Waals surface area contributed by atoms with E-state index in [-0.39, 0.29) is 18.8 Å². The van der Waals surface area contributed by atoms with Gasteiger partial charge in [-0.2, -0.15) is 13.2 Å². The molecule has 0 bridgehead atoms. The summed E-state index contributed by atoms with van der Waals surface area (Å²) >= 11 is 5.92. The van der Waals surface area contributed by atoms with Gasteiger partial charge in [0.15, 0.2) is 5.84 Å². The Kier molecular flexibility index (Phi) is 4.51. The topological polar surface area (TPSA) is 61.9 Å². The summed E-state index contributed by atoms with van der Waals surface area (Å²) in [5.41, 5.74) is 6.40. The molecule has 3 N–H and O–H groups in total. The number of nitrogens with two attached hydrogens (primary N) is 1. The third kappa shape index (κ3) is 3.53. The summed E-state index contributed by atoms with van der Waals surface area (Å²) in [6, 6.07) is 4.61. The van der Waals surface area contributed by atoms with Gasteiger partial charge in [0.1, 0.15) is 0 Å². The number of benzene rings is 1. The molecule has 21 heavy (non-hydrogen) atoms. The van der Waals surface area contributed by atoms with Crippen LogP contribution in [0.4, 0.5) is 18.9 Å². The predicted molar refractivity (Wildman–Crippen MR) is 75.0 cm³/mol. The first-order valence-corrected chi connectivity index (χ1v) is 6.80. The maximum Gasteiger partial charge on any atom is 0.393 e. The molecule has 1 atom stereocenters. The molecule has 0 aromatic heterocycles. The van der Waals surface area contributed by atoms with Crippen molar-refractivity contribution in [1.29, 1.82) is 0 Å². The quantitative estimate of drug-likeness (QED) is 0.380. The van der Waals surface area contributed by atoms with Crippen LogP contribution in [0.1, 0.15) is 18.4 Å². The monoisotopic (exact) mass is 321 g/mol. The minimum absolute atomic E-state index is 0.111. The average Bonchev–Trinajstić information content (AvgIpc) is 2.45. The smallest absolute Gasteiger partial charge is 0.393 e. The van der Waals surface area contributed by atoms with Crippen molar-refractivity contribution in [3.8, 4) is 0 Å². The van der Waals surface area contributed by atoms with Crippen LogP contribution in [0.5, 0.6) is 0 Å². The number of amidine groups is 1. The van der Waals surface area contributed by atoms with Gasteiger partial charge in [-0.1, -0.05) is 16.8 Å². The molecule has 4 nitrogen and oxygen atoms in total. The highest BCUT2D eigenvalue weighted by atomic mass is 35.5. The standard InChI is InChI=1S/C13H15ClF3N3O/c14-9-3-4-10(12(18)19-21)11(6-9)20-5-1-2-8(7-20)13(15,16)17/h3-4,6,8,21H,1-2,5,7H2,(H2,18,19). The van der Waals surface area contributed by atoms with Crippen LogP contribution in [0.2, 0.25) is 5.02 Å². The van der Waals surface area contributed by atoms with Crippen LogP contribution in [-0.4, -0.2) is 30.3 Å². The molecule has 1 aliphatic rings. The van der Waals surface area contributed by atoms with E-state index in [0.29, 0.717) is 29.2 Å². The minimum atomic E-state index is -4.23. The van der Waals surface area contributed by atoms with E-state index < -0.39 is 12.1 Å². The van der Waals surface area contributed by atoms with E-state index in [2.05, 4.69) is 5.16 Å². The Morgan fingerprint density at radius 2 is 2.14 bits per heavy atom. The van der Waals surface area contributed by atoms with Gasteiger partial charge >= 0.3 is 6.18 Å². The van der Waals surface area contributed by atoms with Crippen LogP contribution in [0.3, 0.4) is 0 Å². The summed E-state index contributed by atoms with van der Waals surface area (Å²) < 4.78 is 38.7. The molecule has 1 fully saturated rings. The minimum Gasteiger partial charge on any atom is -0.409 e. The maximum atomic E-state index is 12.9. The molecule has 116 valence electrons. The normalized spacial score (nSPS) is 20.7. The maximum absolute atomic E-state index is 12.9. The van der Waals surface area contributed by atoms with E-state index >= 15 is 0 Å². The summed E-state index contributed by atoms with van der Waals surface area (Å²) in [6.45, 7) is 0.314. The molecule has 1 heterocycles. The van der Waals surface area contributed by atoms with Crippen molar-refractivity contribution in [2.75, 3.05) is 18.0 Å². The summed E-state index contributed by atoms with van der Waals surface area (Å²) in [5, 5.41) is 12.1. The highest BCUT2D eigenvalue weighted by Gasteiger charge is 2.42. The van der Waals surface area contributed by atoms with Crippen LogP contribution in [0.25, 0.3) is 0 Å². The Balaban J connectivity index is 2.34. The highest BCUT2D eigenvalue weighted by molar-refractivity contribution is 6.31. The van der Waals surface area contributed by atoms with E-state index in [1.54, 1.807) is 11.0 Å². The van der Waals surface area contributed by atoms with Gasteiger partial charge in [0.25, 0.3) is 0 Å². The van der Waals surface area contributed by atoms with Gasteiger partial charge in [0, 0.05) is 29.4 Å². The molecule has 0 radical (unpaired) electrons. The van der Waals surface area contributed by atoms with Crippen LogP contribution < -0.4 is 10.6 Å². The molecule has 1 saturated heterocycles. The van der Waals surface area contributed by atoms with Crippen LogP contribution in [0.15, 0.2) is 23.4 Å². The number of halogens is 4.